The monoisotopic (exact) mass is 551 g/mol. The molecule has 0 spiro atoms. The highest BCUT2D eigenvalue weighted by atomic mass is 32.2. The summed E-state index contributed by atoms with van der Waals surface area (Å²) in [6.07, 6.45) is 1.31. The number of aromatic nitrogens is 3. The van der Waals surface area contributed by atoms with E-state index in [0.29, 0.717) is 22.8 Å². The molecule has 0 bridgehead atoms. The van der Waals surface area contributed by atoms with Crippen molar-refractivity contribution in [1.29, 1.82) is 0 Å². The Bertz CT molecular complexity index is 1560. The van der Waals surface area contributed by atoms with E-state index in [1.54, 1.807) is 19.1 Å². The molecular formula is C27H29N5O4S2. The van der Waals surface area contributed by atoms with Crippen LogP contribution in [-0.4, -0.2) is 40.7 Å². The van der Waals surface area contributed by atoms with Crippen molar-refractivity contribution >= 4 is 32.2 Å². The first-order valence-electron chi connectivity index (χ1n) is 12.3. The van der Waals surface area contributed by atoms with Gasteiger partial charge in [-0.3, -0.25) is 9.69 Å². The molecule has 1 aliphatic heterocycles. The standard InChI is InChI=1S/C27H29N5O4S2/c1-16(2)25-24-22(15-32(25)14-19-5-9-20(10-6-19)26-31-30-17(3)36-26)37-27(29-24)28-23(33)13-18-7-11-21(12-8-18)38(4,34)35/h5-12,16,25H,13-15H2,1-4H3,(H,28,29,33)/t25-/m0/s1. The Morgan fingerprint density at radius 1 is 1.11 bits per heavy atom. The smallest absolute Gasteiger partial charge is 0.247 e. The van der Waals surface area contributed by atoms with Gasteiger partial charge in [0, 0.05) is 36.7 Å². The van der Waals surface area contributed by atoms with Gasteiger partial charge in [-0.25, -0.2) is 13.4 Å². The first kappa shape index (κ1) is 26.2. The van der Waals surface area contributed by atoms with E-state index in [1.807, 2.05) is 12.1 Å². The number of rotatable bonds is 8. The molecule has 5 rings (SSSR count). The lowest BCUT2D eigenvalue weighted by atomic mass is 10.0. The van der Waals surface area contributed by atoms with Gasteiger partial charge in [-0.15, -0.1) is 21.5 Å². The van der Waals surface area contributed by atoms with Crippen molar-refractivity contribution in [3.05, 3.63) is 76.1 Å². The largest absolute Gasteiger partial charge is 0.421 e. The van der Waals surface area contributed by atoms with E-state index < -0.39 is 9.84 Å². The number of aryl methyl sites for hydroxylation is 1. The van der Waals surface area contributed by atoms with Crippen molar-refractivity contribution in [2.24, 2.45) is 5.92 Å². The molecule has 38 heavy (non-hydrogen) atoms. The molecular weight excluding hydrogens is 522 g/mol. The Morgan fingerprint density at radius 2 is 1.79 bits per heavy atom. The topological polar surface area (TPSA) is 118 Å². The average Bonchev–Trinajstić information content (AvgIpc) is 3.53. The van der Waals surface area contributed by atoms with Crippen LogP contribution >= 0.6 is 11.3 Å². The van der Waals surface area contributed by atoms with Crippen LogP contribution in [0.5, 0.6) is 0 Å². The van der Waals surface area contributed by atoms with Gasteiger partial charge >= 0.3 is 0 Å². The summed E-state index contributed by atoms with van der Waals surface area (Å²) in [4.78, 5) is 21.3. The molecule has 3 heterocycles. The van der Waals surface area contributed by atoms with Gasteiger partial charge in [0.2, 0.25) is 17.7 Å². The average molecular weight is 552 g/mol. The molecule has 9 nitrogen and oxygen atoms in total. The molecule has 1 amide bonds. The molecule has 1 aliphatic rings. The fourth-order valence-corrected chi connectivity index (χ4v) is 6.39. The maximum Gasteiger partial charge on any atom is 0.247 e. The number of carbonyl (C=O) groups is 1. The lowest BCUT2D eigenvalue weighted by Gasteiger charge is -2.27. The minimum atomic E-state index is -3.27. The molecule has 2 aromatic carbocycles. The molecule has 0 saturated carbocycles. The quantitative estimate of drug-likeness (QED) is 0.332. The number of sulfone groups is 1. The van der Waals surface area contributed by atoms with Crippen LogP contribution in [0.25, 0.3) is 11.5 Å². The van der Waals surface area contributed by atoms with Crippen molar-refractivity contribution in [2.45, 2.75) is 51.2 Å². The summed E-state index contributed by atoms with van der Waals surface area (Å²) >= 11 is 1.51. The minimum Gasteiger partial charge on any atom is -0.421 e. The number of amides is 1. The van der Waals surface area contributed by atoms with Crippen LogP contribution in [0.15, 0.2) is 57.8 Å². The fraction of sp³-hybridized carbons (Fsp3) is 0.333. The van der Waals surface area contributed by atoms with Gasteiger partial charge in [0.15, 0.2) is 15.0 Å². The molecule has 4 aromatic rings. The van der Waals surface area contributed by atoms with Crippen LogP contribution in [0, 0.1) is 12.8 Å². The van der Waals surface area contributed by atoms with Crippen molar-refractivity contribution in [3.63, 3.8) is 0 Å². The Hall–Kier alpha value is -3.41. The maximum absolute atomic E-state index is 12.7. The van der Waals surface area contributed by atoms with E-state index in [1.165, 1.54) is 29.0 Å². The summed E-state index contributed by atoms with van der Waals surface area (Å²) in [6.45, 7) is 7.69. The Balaban J connectivity index is 1.23. The van der Waals surface area contributed by atoms with Crippen molar-refractivity contribution in [1.82, 2.24) is 20.1 Å². The maximum atomic E-state index is 12.7. The van der Waals surface area contributed by atoms with Crippen LogP contribution in [0.4, 0.5) is 5.13 Å². The summed E-state index contributed by atoms with van der Waals surface area (Å²) < 4.78 is 28.8. The van der Waals surface area contributed by atoms with Crippen molar-refractivity contribution < 1.29 is 17.6 Å². The normalized spacial score (nSPS) is 15.7. The highest BCUT2D eigenvalue weighted by molar-refractivity contribution is 7.90. The lowest BCUT2D eigenvalue weighted by Crippen LogP contribution is -2.26. The number of fused-ring (bicyclic) bond motifs is 1. The Kier molecular flexibility index (Phi) is 7.17. The summed E-state index contributed by atoms with van der Waals surface area (Å²) in [5.41, 5.74) is 3.84. The zero-order valence-electron chi connectivity index (χ0n) is 21.6. The number of nitrogens with one attached hydrogen (secondary N) is 1. The predicted octanol–water partition coefficient (Wildman–Crippen LogP) is 4.80. The molecule has 0 saturated heterocycles. The zero-order valence-corrected chi connectivity index (χ0v) is 23.3. The first-order chi connectivity index (χ1) is 18.1. The molecule has 0 aliphatic carbocycles. The van der Waals surface area contributed by atoms with Crippen LogP contribution in [0.1, 0.15) is 47.5 Å². The number of nitrogens with zero attached hydrogens (tertiary/aromatic N) is 4. The van der Waals surface area contributed by atoms with Gasteiger partial charge in [0.1, 0.15) is 0 Å². The second-order valence-electron chi connectivity index (χ2n) is 9.89. The molecule has 0 fully saturated rings. The predicted molar refractivity (Wildman–Crippen MR) is 145 cm³/mol. The van der Waals surface area contributed by atoms with Crippen LogP contribution in [-0.2, 0) is 34.1 Å². The second-order valence-corrected chi connectivity index (χ2v) is 13.0. The van der Waals surface area contributed by atoms with Gasteiger partial charge in [0.05, 0.1) is 23.1 Å². The van der Waals surface area contributed by atoms with E-state index in [0.717, 1.165) is 41.0 Å². The number of benzene rings is 2. The van der Waals surface area contributed by atoms with Gasteiger partial charge in [-0.2, -0.15) is 0 Å². The van der Waals surface area contributed by atoms with E-state index >= 15 is 0 Å². The van der Waals surface area contributed by atoms with E-state index in [4.69, 9.17) is 9.40 Å². The summed E-state index contributed by atoms with van der Waals surface area (Å²) in [5.74, 6) is 1.22. The molecule has 0 unspecified atom stereocenters. The summed E-state index contributed by atoms with van der Waals surface area (Å²) in [6, 6.07) is 14.7. The fourth-order valence-electron chi connectivity index (χ4n) is 4.71. The van der Waals surface area contributed by atoms with Crippen LogP contribution in [0.3, 0.4) is 0 Å². The third-order valence-electron chi connectivity index (χ3n) is 6.45. The van der Waals surface area contributed by atoms with Gasteiger partial charge in [-0.1, -0.05) is 38.1 Å². The minimum absolute atomic E-state index is 0.146. The number of hydrogen-bond donors (Lipinski definition) is 1. The van der Waals surface area contributed by atoms with E-state index in [9.17, 15) is 13.2 Å². The number of carbonyl (C=O) groups excluding carboxylic acids is 1. The highest BCUT2D eigenvalue weighted by Gasteiger charge is 2.36. The number of hydrogen-bond acceptors (Lipinski definition) is 9. The highest BCUT2D eigenvalue weighted by Crippen LogP contribution is 2.43. The number of anilines is 1. The van der Waals surface area contributed by atoms with E-state index in [2.05, 4.69) is 46.4 Å². The third-order valence-corrected chi connectivity index (χ3v) is 8.55. The van der Waals surface area contributed by atoms with Crippen LogP contribution < -0.4 is 5.32 Å². The molecule has 1 N–H and O–H groups in total. The second kappa shape index (κ2) is 10.4. The van der Waals surface area contributed by atoms with Gasteiger partial charge in [0.25, 0.3) is 0 Å². The number of thiazole rings is 1. The first-order valence-corrected chi connectivity index (χ1v) is 15.0. The SMILES string of the molecule is Cc1nnc(-c2ccc(CN3Cc4sc(NC(=O)Cc5ccc(S(C)(=O)=O)cc5)nc4[C@@H]3C(C)C)cc2)o1. The third kappa shape index (κ3) is 5.69. The Morgan fingerprint density at radius 3 is 2.39 bits per heavy atom. The molecule has 2 aromatic heterocycles. The van der Waals surface area contributed by atoms with Gasteiger partial charge in [-0.05, 0) is 41.3 Å². The van der Waals surface area contributed by atoms with E-state index in [-0.39, 0.29) is 23.3 Å². The molecule has 11 heteroatoms. The summed E-state index contributed by atoms with van der Waals surface area (Å²) in [7, 11) is -3.27. The summed E-state index contributed by atoms with van der Waals surface area (Å²) in [5, 5.41) is 11.5. The van der Waals surface area contributed by atoms with Crippen molar-refractivity contribution in [3.8, 4) is 11.5 Å². The van der Waals surface area contributed by atoms with Gasteiger partial charge < -0.3 is 9.73 Å². The molecule has 0 radical (unpaired) electrons. The lowest BCUT2D eigenvalue weighted by molar-refractivity contribution is -0.115. The van der Waals surface area contributed by atoms with Crippen LogP contribution in [0.2, 0.25) is 0 Å². The zero-order chi connectivity index (χ0) is 27.0. The molecule has 198 valence electrons. The van der Waals surface area contributed by atoms with Crippen molar-refractivity contribution in [2.75, 3.05) is 11.6 Å². The molecule has 1 atom stereocenters. The Labute approximate surface area is 225 Å².